The molecule has 1 aliphatic carbocycles. The molecule has 0 radical (unpaired) electrons. The molecule has 6 rings (SSSR count). The highest BCUT2D eigenvalue weighted by Crippen LogP contribution is 2.53. The number of likely N-dealkylation sites (tertiary alicyclic amines) is 1. The number of ether oxygens (including phenoxy) is 3. The molecule has 9 nitrogen and oxygen atoms in total. The molecule has 6 atom stereocenters. The van der Waals surface area contributed by atoms with Crippen molar-refractivity contribution in [3.8, 4) is 0 Å². The first-order valence-electron chi connectivity index (χ1n) is 17.1. The van der Waals surface area contributed by atoms with Crippen molar-refractivity contribution in [1.29, 1.82) is 0 Å². The van der Waals surface area contributed by atoms with Crippen LogP contribution in [0.5, 0.6) is 0 Å². The Morgan fingerprint density at radius 2 is 1.73 bits per heavy atom. The zero-order chi connectivity index (χ0) is 33.9. The second-order valence-corrected chi connectivity index (χ2v) is 15.0. The number of methoxy groups -OCH3 is 1. The van der Waals surface area contributed by atoms with Crippen molar-refractivity contribution < 1.29 is 28.9 Å². The van der Waals surface area contributed by atoms with Crippen LogP contribution >= 0.6 is 0 Å². The van der Waals surface area contributed by atoms with Gasteiger partial charge in [-0.2, -0.15) is 0 Å². The Kier molecular flexibility index (Phi) is 10.2. The van der Waals surface area contributed by atoms with Crippen LogP contribution in [-0.4, -0.2) is 60.4 Å². The molecule has 3 aromatic carbocycles. The zero-order valence-corrected chi connectivity index (χ0v) is 28.5. The molecule has 9 heteroatoms. The fourth-order valence-corrected chi connectivity index (χ4v) is 8.36. The number of esters is 1. The number of carbonyl (C=O) groups excluding carboxylic acids is 2. The van der Waals surface area contributed by atoms with Gasteiger partial charge in [0.15, 0.2) is 6.29 Å². The summed E-state index contributed by atoms with van der Waals surface area (Å²) < 4.78 is 18.3. The average Bonchev–Trinajstić information content (AvgIpc) is 3.31. The number of urea groups is 1. The Morgan fingerprint density at radius 1 is 0.958 bits per heavy atom. The molecule has 3 aromatic rings. The van der Waals surface area contributed by atoms with Gasteiger partial charge in [-0.3, -0.25) is 4.90 Å². The maximum atomic E-state index is 13.1. The number of amides is 2. The van der Waals surface area contributed by atoms with Crippen LogP contribution in [0, 0.1) is 10.8 Å². The highest BCUT2D eigenvalue weighted by atomic mass is 16.7. The number of benzene rings is 3. The number of hydrogen-bond donors (Lipinski definition) is 3. The Morgan fingerprint density at radius 3 is 2.46 bits per heavy atom. The van der Waals surface area contributed by atoms with Gasteiger partial charge in [0.2, 0.25) is 0 Å². The van der Waals surface area contributed by atoms with Crippen LogP contribution in [0.1, 0.15) is 81.1 Å². The molecule has 0 aromatic heterocycles. The first-order valence-corrected chi connectivity index (χ1v) is 17.1. The summed E-state index contributed by atoms with van der Waals surface area (Å²) in [5, 5.41) is 15.2. The largest absolute Gasteiger partial charge is 0.467 e. The molecule has 2 heterocycles. The highest BCUT2D eigenvalue weighted by Gasteiger charge is 2.50. The van der Waals surface area contributed by atoms with Crippen LogP contribution in [0.15, 0.2) is 78.9 Å². The molecular weight excluding hydrogens is 606 g/mol. The molecule has 2 saturated heterocycles. The van der Waals surface area contributed by atoms with Gasteiger partial charge < -0.3 is 30.0 Å². The van der Waals surface area contributed by atoms with E-state index in [4.69, 9.17) is 14.2 Å². The maximum Gasteiger partial charge on any atom is 0.328 e. The topological polar surface area (TPSA) is 109 Å². The van der Waals surface area contributed by atoms with Gasteiger partial charge >= 0.3 is 12.0 Å². The van der Waals surface area contributed by atoms with Gasteiger partial charge in [0, 0.05) is 43.2 Å². The van der Waals surface area contributed by atoms with Crippen LogP contribution in [0.4, 0.5) is 10.5 Å². The number of aliphatic hydroxyl groups is 1. The fraction of sp³-hybridized carbons (Fsp3) is 0.487. The van der Waals surface area contributed by atoms with Crippen molar-refractivity contribution in [1.82, 2.24) is 10.2 Å². The summed E-state index contributed by atoms with van der Waals surface area (Å²) in [4.78, 5) is 28.2. The minimum absolute atomic E-state index is 0.00830. The number of aliphatic hydroxyl groups excluding tert-OH is 1. The van der Waals surface area contributed by atoms with Crippen molar-refractivity contribution in [3.05, 3.63) is 101 Å². The van der Waals surface area contributed by atoms with Gasteiger partial charge in [0.05, 0.1) is 25.9 Å². The van der Waals surface area contributed by atoms with E-state index in [9.17, 15) is 14.7 Å². The van der Waals surface area contributed by atoms with Gasteiger partial charge in [-0.1, -0.05) is 87.5 Å². The number of rotatable bonds is 10. The van der Waals surface area contributed by atoms with Crippen LogP contribution in [0.2, 0.25) is 0 Å². The van der Waals surface area contributed by atoms with Crippen LogP contribution in [0.25, 0.3) is 0 Å². The lowest BCUT2D eigenvalue weighted by atomic mass is 9.65. The van der Waals surface area contributed by atoms with E-state index in [2.05, 4.69) is 36.3 Å². The van der Waals surface area contributed by atoms with E-state index in [1.807, 2.05) is 72.8 Å². The van der Waals surface area contributed by atoms with E-state index in [1.54, 1.807) is 6.07 Å². The molecule has 3 N–H and O–H groups in total. The van der Waals surface area contributed by atoms with Crippen LogP contribution < -0.4 is 10.6 Å². The molecular formula is C39H49N3O6. The fourth-order valence-electron chi connectivity index (χ4n) is 8.36. The molecule has 3 fully saturated rings. The van der Waals surface area contributed by atoms with E-state index in [0.717, 1.165) is 41.8 Å². The van der Waals surface area contributed by atoms with E-state index >= 15 is 0 Å². The Hall–Kier alpha value is -3.76. The minimum atomic E-state index is -0.845. The maximum absolute atomic E-state index is 13.1. The summed E-state index contributed by atoms with van der Waals surface area (Å²) in [5.74, 6) is -0.518. The summed E-state index contributed by atoms with van der Waals surface area (Å²) in [5.41, 5.74) is 4.80. The van der Waals surface area contributed by atoms with Crippen molar-refractivity contribution in [3.63, 3.8) is 0 Å². The predicted octanol–water partition coefficient (Wildman–Crippen LogP) is 6.53. The highest BCUT2D eigenvalue weighted by molar-refractivity contribution is 5.92. The number of fused-ring (bicyclic) bond motifs is 2. The Bertz CT molecular complexity index is 1560. The second-order valence-electron chi connectivity index (χ2n) is 15.0. The molecule has 48 heavy (non-hydrogen) atoms. The first-order chi connectivity index (χ1) is 23.0. The average molecular weight is 656 g/mol. The third-order valence-corrected chi connectivity index (χ3v) is 10.1. The van der Waals surface area contributed by atoms with E-state index in [-0.39, 0.29) is 18.8 Å². The Labute approximate surface area is 284 Å². The standard InChI is InChI=1S/C39H49N3O6/c1-38(2)20-31-21-39(3,24-38)25-42(31)22-32-19-34(28-15-13-27(23-43)14-16-28)48-36(47-32)29-11-8-12-30(18-29)40-37(45)41-33(35(44)46-4)17-26-9-6-5-7-10-26/h5-16,18,31-34,36,43H,17,19-25H2,1-4H3,(H2,40,41,45)/t31?,32-,33+,34+,36+,39?/m1/s1. The summed E-state index contributed by atoms with van der Waals surface area (Å²) in [6.45, 7) is 9.13. The van der Waals surface area contributed by atoms with Crippen molar-refractivity contribution in [2.24, 2.45) is 10.8 Å². The molecule has 0 spiro atoms. The predicted molar refractivity (Wildman–Crippen MR) is 184 cm³/mol. The number of hydrogen-bond acceptors (Lipinski definition) is 7. The van der Waals surface area contributed by atoms with E-state index in [0.29, 0.717) is 29.0 Å². The van der Waals surface area contributed by atoms with Crippen molar-refractivity contribution >= 4 is 17.7 Å². The molecule has 2 amide bonds. The summed E-state index contributed by atoms with van der Waals surface area (Å²) >= 11 is 0. The van der Waals surface area contributed by atoms with Crippen molar-refractivity contribution in [2.45, 2.75) is 90.1 Å². The normalized spacial score (nSPS) is 27.2. The quantitative estimate of drug-likeness (QED) is 0.213. The first kappa shape index (κ1) is 34.1. The zero-order valence-electron chi connectivity index (χ0n) is 28.5. The van der Waals surface area contributed by atoms with E-state index in [1.165, 1.54) is 26.4 Å². The number of anilines is 1. The van der Waals surface area contributed by atoms with E-state index < -0.39 is 24.3 Å². The van der Waals surface area contributed by atoms with Gasteiger partial charge in [0.1, 0.15) is 6.04 Å². The molecule has 3 aliphatic rings. The summed E-state index contributed by atoms with van der Waals surface area (Å²) in [7, 11) is 1.31. The molecule has 2 aliphatic heterocycles. The monoisotopic (exact) mass is 655 g/mol. The van der Waals surface area contributed by atoms with Crippen molar-refractivity contribution in [2.75, 3.05) is 25.5 Å². The van der Waals surface area contributed by atoms with Gasteiger partial charge in [-0.15, -0.1) is 0 Å². The molecule has 2 bridgehead atoms. The number of nitrogens with one attached hydrogen (secondary N) is 2. The van der Waals surface area contributed by atoms with Gasteiger partial charge in [-0.05, 0) is 58.9 Å². The second kappa shape index (κ2) is 14.4. The SMILES string of the molecule is COC(=O)[C@H](Cc1ccccc1)NC(=O)Nc1cccc([C@H]2O[C@@H](CN3CC4(C)CC3CC(C)(C)C4)C[C@@H](c3ccc(CO)cc3)O2)c1. The third-order valence-electron chi connectivity index (χ3n) is 10.1. The number of carbonyl (C=O) groups is 2. The summed E-state index contributed by atoms with van der Waals surface area (Å²) in [6, 6.07) is 24.1. The lowest BCUT2D eigenvalue weighted by Gasteiger charge is -2.41. The van der Waals surface area contributed by atoms with Gasteiger partial charge in [-0.25, -0.2) is 9.59 Å². The number of nitrogens with zero attached hydrogens (tertiary/aromatic N) is 1. The van der Waals surface area contributed by atoms with Crippen LogP contribution in [0.3, 0.4) is 0 Å². The molecule has 256 valence electrons. The lowest BCUT2D eigenvalue weighted by Crippen LogP contribution is -2.45. The van der Waals surface area contributed by atoms with Gasteiger partial charge in [0.25, 0.3) is 0 Å². The Balaban J connectivity index is 1.18. The van der Waals surface area contributed by atoms with Crippen LogP contribution in [-0.2, 0) is 32.0 Å². The smallest absolute Gasteiger partial charge is 0.328 e. The summed E-state index contributed by atoms with van der Waals surface area (Å²) in [6.07, 6.45) is 3.78. The minimum Gasteiger partial charge on any atom is -0.467 e. The lowest BCUT2D eigenvalue weighted by molar-refractivity contribution is -0.253. The molecule has 2 unspecified atom stereocenters. The third kappa shape index (κ3) is 8.26. The molecule has 1 saturated carbocycles.